The molecule has 3 aromatic rings. The van der Waals surface area contributed by atoms with Crippen LogP contribution in [-0.4, -0.2) is 17.0 Å². The van der Waals surface area contributed by atoms with Gasteiger partial charge in [0.15, 0.2) is 11.2 Å². The molecule has 0 radical (unpaired) electrons. The molecule has 0 saturated carbocycles. The zero-order chi connectivity index (χ0) is 18.7. The minimum absolute atomic E-state index is 0.306. The molecule has 3 rings (SSSR count). The third kappa shape index (κ3) is 4.68. The number of benzene rings is 2. The lowest BCUT2D eigenvalue weighted by atomic mass is 10.2. The molecule has 1 unspecified atom stereocenters. The lowest BCUT2D eigenvalue weighted by Crippen LogP contribution is -2.30. The number of halogens is 3. The molecule has 4 nitrogen and oxygen atoms in total. The Labute approximate surface area is 169 Å². The molecule has 0 spiro atoms. The topological polar surface area (TPSA) is 51.2 Å². The van der Waals surface area contributed by atoms with Gasteiger partial charge in [0, 0.05) is 16.0 Å². The Hall–Kier alpha value is -1.79. The van der Waals surface area contributed by atoms with Crippen molar-refractivity contribution in [1.82, 2.24) is 4.98 Å². The third-order valence-electron chi connectivity index (χ3n) is 3.43. The molecule has 0 aliphatic heterocycles. The number of amides is 1. The number of nitrogens with zero attached hydrogens (tertiary/aromatic N) is 1. The maximum absolute atomic E-state index is 12.3. The van der Waals surface area contributed by atoms with Crippen LogP contribution in [0.2, 0.25) is 15.1 Å². The summed E-state index contributed by atoms with van der Waals surface area (Å²) in [5.74, 6) is 0.218. The number of carbonyl (C=O) groups is 1. The van der Waals surface area contributed by atoms with E-state index in [9.17, 15) is 4.79 Å². The largest absolute Gasteiger partial charge is 0.481 e. The number of hydrogen-bond donors (Lipinski definition) is 1. The van der Waals surface area contributed by atoms with E-state index in [0.717, 1.165) is 5.56 Å². The first kappa shape index (κ1) is 19.0. The number of rotatable bonds is 5. The second kappa shape index (κ2) is 8.27. The fraction of sp³-hybridized carbons (Fsp3) is 0.111. The summed E-state index contributed by atoms with van der Waals surface area (Å²) < 4.78 is 5.60. The quantitative estimate of drug-likeness (QED) is 0.529. The van der Waals surface area contributed by atoms with E-state index in [2.05, 4.69) is 10.3 Å². The fourth-order valence-corrected chi connectivity index (χ4v) is 3.33. The molecule has 1 heterocycles. The van der Waals surface area contributed by atoms with Gasteiger partial charge in [-0.2, -0.15) is 0 Å². The van der Waals surface area contributed by atoms with Crippen LogP contribution in [0.1, 0.15) is 6.92 Å². The molecule has 1 amide bonds. The highest BCUT2D eigenvalue weighted by Crippen LogP contribution is 2.30. The van der Waals surface area contributed by atoms with Crippen LogP contribution in [0.4, 0.5) is 5.13 Å². The van der Waals surface area contributed by atoms with Crippen molar-refractivity contribution in [2.75, 3.05) is 5.32 Å². The van der Waals surface area contributed by atoms with Crippen molar-refractivity contribution in [3.8, 4) is 17.0 Å². The summed E-state index contributed by atoms with van der Waals surface area (Å²) in [4.78, 5) is 16.7. The van der Waals surface area contributed by atoms with Gasteiger partial charge in [0.25, 0.3) is 5.91 Å². The normalized spacial score (nSPS) is 11.8. The first-order valence-corrected chi connectivity index (χ1v) is 9.58. The van der Waals surface area contributed by atoms with Crippen LogP contribution in [-0.2, 0) is 4.79 Å². The zero-order valence-electron chi connectivity index (χ0n) is 13.5. The lowest BCUT2D eigenvalue weighted by molar-refractivity contribution is -0.122. The number of carbonyl (C=O) groups excluding carboxylic acids is 1. The van der Waals surface area contributed by atoms with Gasteiger partial charge in [-0.1, -0.05) is 46.9 Å². The molecule has 26 heavy (non-hydrogen) atoms. The van der Waals surface area contributed by atoms with Crippen LogP contribution in [0, 0.1) is 0 Å². The highest BCUT2D eigenvalue weighted by Gasteiger charge is 2.17. The Morgan fingerprint density at radius 1 is 1.15 bits per heavy atom. The van der Waals surface area contributed by atoms with E-state index >= 15 is 0 Å². The van der Waals surface area contributed by atoms with Crippen molar-refractivity contribution in [1.29, 1.82) is 0 Å². The highest BCUT2D eigenvalue weighted by molar-refractivity contribution is 7.14. The van der Waals surface area contributed by atoms with Crippen LogP contribution in [0.3, 0.4) is 0 Å². The van der Waals surface area contributed by atoms with Crippen molar-refractivity contribution < 1.29 is 9.53 Å². The molecule has 0 bridgehead atoms. The summed E-state index contributed by atoms with van der Waals surface area (Å²) in [6.45, 7) is 1.66. The first-order valence-electron chi connectivity index (χ1n) is 7.56. The minimum atomic E-state index is -0.703. The monoisotopic (exact) mass is 426 g/mol. The van der Waals surface area contributed by atoms with Gasteiger partial charge in [0.1, 0.15) is 5.75 Å². The standard InChI is InChI=1S/C18H13Cl3N2O2S/c1-10(25-13-4-2-3-12(19)8-13)17(24)23-18-22-16(9-26-18)11-5-6-14(20)15(21)7-11/h2-10H,1H3,(H,22,23,24). The summed E-state index contributed by atoms with van der Waals surface area (Å²) in [5, 5.41) is 6.52. The fourth-order valence-electron chi connectivity index (χ4n) is 2.12. The minimum Gasteiger partial charge on any atom is -0.481 e. The number of thiazole rings is 1. The molecule has 0 fully saturated rings. The van der Waals surface area contributed by atoms with E-state index in [4.69, 9.17) is 39.5 Å². The van der Waals surface area contributed by atoms with E-state index in [1.807, 2.05) is 11.4 Å². The summed E-state index contributed by atoms with van der Waals surface area (Å²) in [6.07, 6.45) is -0.703. The summed E-state index contributed by atoms with van der Waals surface area (Å²) >= 11 is 19.2. The van der Waals surface area contributed by atoms with Crippen molar-refractivity contribution in [3.63, 3.8) is 0 Å². The zero-order valence-corrected chi connectivity index (χ0v) is 16.6. The smallest absolute Gasteiger partial charge is 0.266 e. The SMILES string of the molecule is CC(Oc1cccc(Cl)c1)C(=O)Nc1nc(-c2ccc(Cl)c(Cl)c2)cs1. The van der Waals surface area contributed by atoms with Crippen molar-refractivity contribution in [2.24, 2.45) is 0 Å². The van der Waals surface area contributed by atoms with Crippen molar-refractivity contribution in [2.45, 2.75) is 13.0 Å². The number of anilines is 1. The third-order valence-corrected chi connectivity index (χ3v) is 5.16. The molecule has 1 N–H and O–H groups in total. The number of aromatic nitrogens is 1. The van der Waals surface area contributed by atoms with E-state index in [1.165, 1.54) is 11.3 Å². The maximum atomic E-state index is 12.3. The molecule has 0 aliphatic rings. The molecular formula is C18H13Cl3N2O2S. The highest BCUT2D eigenvalue weighted by atomic mass is 35.5. The Morgan fingerprint density at radius 3 is 2.69 bits per heavy atom. The number of hydrogen-bond acceptors (Lipinski definition) is 4. The van der Waals surface area contributed by atoms with E-state index < -0.39 is 6.10 Å². The van der Waals surface area contributed by atoms with E-state index in [-0.39, 0.29) is 5.91 Å². The van der Waals surface area contributed by atoms with Crippen molar-refractivity contribution in [3.05, 3.63) is 62.9 Å². The summed E-state index contributed by atoms with van der Waals surface area (Å²) in [6, 6.07) is 12.1. The Kier molecular flexibility index (Phi) is 6.04. The van der Waals surface area contributed by atoms with Crippen LogP contribution < -0.4 is 10.1 Å². The van der Waals surface area contributed by atoms with E-state index in [0.29, 0.717) is 31.6 Å². The van der Waals surface area contributed by atoms with Crippen LogP contribution in [0.5, 0.6) is 5.75 Å². The molecule has 0 saturated heterocycles. The van der Waals surface area contributed by atoms with Gasteiger partial charge < -0.3 is 4.74 Å². The van der Waals surface area contributed by atoms with Gasteiger partial charge in [-0.3, -0.25) is 10.1 Å². The molecule has 0 aliphatic carbocycles. The van der Waals surface area contributed by atoms with Crippen LogP contribution >= 0.6 is 46.1 Å². The van der Waals surface area contributed by atoms with Gasteiger partial charge in [-0.15, -0.1) is 11.3 Å². The molecule has 1 atom stereocenters. The lowest BCUT2D eigenvalue weighted by Gasteiger charge is -2.13. The first-order chi connectivity index (χ1) is 12.4. The summed E-state index contributed by atoms with van der Waals surface area (Å²) in [5.41, 5.74) is 1.52. The van der Waals surface area contributed by atoms with Gasteiger partial charge in [0.2, 0.25) is 0 Å². The molecule has 134 valence electrons. The van der Waals surface area contributed by atoms with Gasteiger partial charge in [0.05, 0.1) is 15.7 Å². The van der Waals surface area contributed by atoms with Gasteiger partial charge in [-0.25, -0.2) is 4.98 Å². The predicted octanol–water partition coefficient (Wildman–Crippen LogP) is 6.18. The second-order valence-corrected chi connectivity index (χ2v) is 7.48. The molecule has 1 aromatic heterocycles. The second-order valence-electron chi connectivity index (χ2n) is 5.37. The predicted molar refractivity (Wildman–Crippen MR) is 108 cm³/mol. The summed E-state index contributed by atoms with van der Waals surface area (Å²) in [7, 11) is 0. The molecule has 2 aromatic carbocycles. The average Bonchev–Trinajstić information content (AvgIpc) is 3.05. The number of ether oxygens (including phenoxy) is 1. The Morgan fingerprint density at radius 2 is 1.96 bits per heavy atom. The van der Waals surface area contributed by atoms with Crippen molar-refractivity contribution >= 4 is 57.2 Å². The van der Waals surface area contributed by atoms with Crippen LogP contribution in [0.25, 0.3) is 11.3 Å². The Bertz CT molecular complexity index is 946. The van der Waals surface area contributed by atoms with E-state index in [1.54, 1.807) is 43.3 Å². The van der Waals surface area contributed by atoms with Gasteiger partial charge in [-0.05, 0) is 37.3 Å². The number of nitrogens with one attached hydrogen (secondary N) is 1. The Balaban J connectivity index is 1.66. The molecular weight excluding hydrogens is 415 g/mol. The average molecular weight is 428 g/mol. The van der Waals surface area contributed by atoms with Crippen LogP contribution in [0.15, 0.2) is 47.8 Å². The molecule has 8 heteroatoms. The van der Waals surface area contributed by atoms with Gasteiger partial charge >= 0.3 is 0 Å². The maximum Gasteiger partial charge on any atom is 0.266 e.